The number of aromatic nitrogens is 4. The number of carbonyl (C=O) groups excluding carboxylic acids is 2. The molecule has 11 heteroatoms. The molecule has 0 spiro atoms. The summed E-state index contributed by atoms with van der Waals surface area (Å²) in [6, 6.07) is 0. The summed E-state index contributed by atoms with van der Waals surface area (Å²) in [6.07, 6.45) is -1.91. The smallest absolute Gasteiger partial charge is 0.236 e. The van der Waals surface area contributed by atoms with E-state index >= 15 is 0 Å². The first kappa shape index (κ1) is 21.2. The van der Waals surface area contributed by atoms with E-state index in [-0.39, 0.29) is 41.4 Å². The molecule has 11 nitrogen and oxygen atoms in total. The second-order valence-electron chi connectivity index (χ2n) is 7.04. The van der Waals surface area contributed by atoms with E-state index in [0.29, 0.717) is 12.8 Å². The van der Waals surface area contributed by atoms with Gasteiger partial charge in [0.15, 0.2) is 28.9 Å². The number of fused-ring (bicyclic) bond motifs is 1. The topological polar surface area (TPSA) is 174 Å². The zero-order valence-electron chi connectivity index (χ0n) is 16.3. The van der Waals surface area contributed by atoms with E-state index in [2.05, 4.69) is 15.0 Å². The van der Waals surface area contributed by atoms with Gasteiger partial charge in [0.1, 0.15) is 30.2 Å². The molecule has 1 fully saturated rings. The second-order valence-corrected chi connectivity index (χ2v) is 7.04. The van der Waals surface area contributed by atoms with Crippen molar-refractivity contribution >= 4 is 28.5 Å². The molecule has 0 bridgehead atoms. The SMILES string of the molecule is CCCC(=O)c1nc(N)c2ncn([C@]3(C(=O)CCC)O[C@H](CO)[C@@H](O)[C@H]3O)c2n1. The standard InChI is InChI=1S/C18H25N5O6/c1-3-5-9(25)16-21-15(19)12-17(22-16)23(8-20-12)18(11(26)6-4-2)14(28)13(27)10(7-24)29-18/h8,10,13-14,24,27-28H,3-7H2,1-2H3,(H2,19,21,22)/t10-,13-,14-,18-/m1/s1. The molecule has 0 aliphatic carbocycles. The Hall–Kier alpha value is -2.47. The van der Waals surface area contributed by atoms with Crippen molar-refractivity contribution < 1.29 is 29.6 Å². The second kappa shape index (κ2) is 8.11. The molecule has 0 unspecified atom stereocenters. The molecule has 1 aliphatic heterocycles. The van der Waals surface area contributed by atoms with E-state index in [9.17, 15) is 24.9 Å². The highest BCUT2D eigenvalue weighted by Gasteiger charge is 2.60. The van der Waals surface area contributed by atoms with Crippen LogP contribution in [0.4, 0.5) is 5.82 Å². The fourth-order valence-corrected chi connectivity index (χ4v) is 3.55. The summed E-state index contributed by atoms with van der Waals surface area (Å²) in [4.78, 5) is 37.7. The quantitative estimate of drug-likeness (QED) is 0.419. The van der Waals surface area contributed by atoms with Crippen molar-refractivity contribution in [3.8, 4) is 0 Å². The Morgan fingerprint density at radius 1 is 1.24 bits per heavy atom. The molecule has 5 N–H and O–H groups in total. The first-order valence-corrected chi connectivity index (χ1v) is 9.54. The maximum atomic E-state index is 13.1. The number of imidazole rings is 1. The lowest BCUT2D eigenvalue weighted by atomic mass is 9.95. The zero-order chi connectivity index (χ0) is 21.3. The van der Waals surface area contributed by atoms with Gasteiger partial charge in [0.25, 0.3) is 0 Å². The number of rotatable bonds is 8. The molecular formula is C18H25N5O6. The van der Waals surface area contributed by atoms with Crippen LogP contribution in [0.3, 0.4) is 0 Å². The molecule has 3 rings (SSSR count). The number of Topliss-reactive ketones (excluding diaryl/α,β-unsaturated/α-hetero) is 2. The van der Waals surface area contributed by atoms with Crippen LogP contribution < -0.4 is 5.73 Å². The number of ketones is 2. The van der Waals surface area contributed by atoms with Gasteiger partial charge in [0, 0.05) is 12.8 Å². The summed E-state index contributed by atoms with van der Waals surface area (Å²) in [5, 5.41) is 30.6. The van der Waals surface area contributed by atoms with Crippen LogP contribution in [-0.2, 0) is 15.3 Å². The number of aliphatic hydroxyl groups is 3. The van der Waals surface area contributed by atoms with Crippen LogP contribution in [0.2, 0.25) is 0 Å². The maximum absolute atomic E-state index is 13.1. The number of aliphatic hydroxyl groups excluding tert-OH is 3. The molecule has 29 heavy (non-hydrogen) atoms. The van der Waals surface area contributed by atoms with Gasteiger partial charge >= 0.3 is 0 Å². The number of carbonyl (C=O) groups is 2. The first-order chi connectivity index (χ1) is 13.8. The van der Waals surface area contributed by atoms with E-state index in [1.165, 1.54) is 10.9 Å². The first-order valence-electron chi connectivity index (χ1n) is 9.54. The molecule has 3 heterocycles. The van der Waals surface area contributed by atoms with Crippen molar-refractivity contribution in [3.05, 3.63) is 12.2 Å². The van der Waals surface area contributed by atoms with Crippen molar-refractivity contribution in [3.63, 3.8) is 0 Å². The lowest BCUT2D eigenvalue weighted by Crippen LogP contribution is -2.51. The number of nitrogens with zero attached hydrogens (tertiary/aromatic N) is 4. The van der Waals surface area contributed by atoms with E-state index in [4.69, 9.17) is 10.5 Å². The van der Waals surface area contributed by atoms with Crippen molar-refractivity contribution in [1.29, 1.82) is 0 Å². The van der Waals surface area contributed by atoms with Gasteiger partial charge in [-0.2, -0.15) is 0 Å². The van der Waals surface area contributed by atoms with Gasteiger partial charge < -0.3 is 25.8 Å². The highest BCUT2D eigenvalue weighted by molar-refractivity contribution is 5.96. The Labute approximate surface area is 166 Å². The Kier molecular flexibility index (Phi) is 5.94. The molecule has 1 aliphatic rings. The van der Waals surface area contributed by atoms with E-state index in [1.54, 1.807) is 6.92 Å². The molecule has 0 saturated carbocycles. The predicted molar refractivity (Wildman–Crippen MR) is 101 cm³/mol. The van der Waals surface area contributed by atoms with Crippen LogP contribution >= 0.6 is 0 Å². The minimum Gasteiger partial charge on any atom is -0.394 e. The lowest BCUT2D eigenvalue weighted by molar-refractivity contribution is -0.174. The highest BCUT2D eigenvalue weighted by atomic mass is 16.6. The van der Waals surface area contributed by atoms with Gasteiger partial charge in [-0.25, -0.2) is 15.0 Å². The number of nitrogens with two attached hydrogens (primary N) is 1. The Balaban J connectivity index is 2.24. The third-order valence-corrected chi connectivity index (χ3v) is 5.00. The van der Waals surface area contributed by atoms with Crippen LogP contribution in [-0.4, -0.2) is 71.3 Å². The maximum Gasteiger partial charge on any atom is 0.236 e. The molecule has 1 saturated heterocycles. The molecule has 0 radical (unpaired) electrons. The molecule has 2 aromatic heterocycles. The Morgan fingerprint density at radius 2 is 1.93 bits per heavy atom. The molecule has 0 aromatic carbocycles. The number of anilines is 1. The van der Waals surface area contributed by atoms with Crippen LogP contribution in [0.1, 0.15) is 50.1 Å². The Morgan fingerprint density at radius 3 is 2.52 bits per heavy atom. The molecular weight excluding hydrogens is 382 g/mol. The fraction of sp³-hybridized carbons (Fsp3) is 0.611. The number of nitrogen functional groups attached to an aromatic ring is 1. The summed E-state index contributed by atoms with van der Waals surface area (Å²) in [5.74, 6) is -1.05. The average Bonchev–Trinajstić information content (AvgIpc) is 3.23. The normalized spacial score (nSPS) is 26.9. The van der Waals surface area contributed by atoms with Gasteiger partial charge in [0.05, 0.1) is 6.61 Å². The van der Waals surface area contributed by atoms with E-state index in [0.717, 1.165) is 0 Å². The highest BCUT2D eigenvalue weighted by Crippen LogP contribution is 2.39. The number of hydrogen-bond acceptors (Lipinski definition) is 10. The van der Waals surface area contributed by atoms with Crippen molar-refractivity contribution in [2.45, 2.75) is 63.6 Å². The van der Waals surface area contributed by atoms with Gasteiger partial charge in [-0.1, -0.05) is 13.8 Å². The summed E-state index contributed by atoms with van der Waals surface area (Å²) >= 11 is 0. The minimum atomic E-state index is -2.07. The number of ether oxygens (including phenoxy) is 1. The third-order valence-electron chi connectivity index (χ3n) is 5.00. The largest absolute Gasteiger partial charge is 0.394 e. The lowest BCUT2D eigenvalue weighted by Gasteiger charge is -2.32. The van der Waals surface area contributed by atoms with Crippen LogP contribution in [0.25, 0.3) is 11.2 Å². The third kappa shape index (κ3) is 3.29. The van der Waals surface area contributed by atoms with Crippen LogP contribution in [0.5, 0.6) is 0 Å². The summed E-state index contributed by atoms with van der Waals surface area (Å²) in [6.45, 7) is 3.01. The van der Waals surface area contributed by atoms with Gasteiger partial charge in [-0.05, 0) is 12.8 Å². The number of hydrogen-bond donors (Lipinski definition) is 4. The van der Waals surface area contributed by atoms with Gasteiger partial charge in [-0.15, -0.1) is 0 Å². The van der Waals surface area contributed by atoms with Crippen molar-refractivity contribution in [2.75, 3.05) is 12.3 Å². The molecule has 2 aromatic rings. The summed E-state index contributed by atoms with van der Waals surface area (Å²) < 4.78 is 6.89. The predicted octanol–water partition coefficient (Wildman–Crippen LogP) is -0.474. The van der Waals surface area contributed by atoms with Gasteiger partial charge in [0.2, 0.25) is 5.72 Å². The van der Waals surface area contributed by atoms with E-state index in [1.807, 2.05) is 6.92 Å². The van der Waals surface area contributed by atoms with Crippen molar-refractivity contribution in [1.82, 2.24) is 19.5 Å². The fourth-order valence-electron chi connectivity index (χ4n) is 3.55. The summed E-state index contributed by atoms with van der Waals surface area (Å²) in [5.41, 5.74) is 4.02. The Bertz CT molecular complexity index is 931. The molecule has 158 valence electrons. The molecule has 4 atom stereocenters. The molecule has 0 amide bonds. The summed E-state index contributed by atoms with van der Waals surface area (Å²) in [7, 11) is 0. The monoisotopic (exact) mass is 407 g/mol. The van der Waals surface area contributed by atoms with Crippen LogP contribution in [0.15, 0.2) is 6.33 Å². The van der Waals surface area contributed by atoms with E-state index < -0.39 is 36.4 Å². The average molecular weight is 407 g/mol. The zero-order valence-corrected chi connectivity index (χ0v) is 16.3. The van der Waals surface area contributed by atoms with Gasteiger partial charge in [-0.3, -0.25) is 14.2 Å². The minimum absolute atomic E-state index is 0.0197. The van der Waals surface area contributed by atoms with Crippen LogP contribution in [0, 0.1) is 0 Å². The van der Waals surface area contributed by atoms with Crippen molar-refractivity contribution in [2.24, 2.45) is 0 Å².